The maximum atomic E-state index is 12.5. The largest absolute Gasteiger partial charge is 0.504 e. The van der Waals surface area contributed by atoms with E-state index < -0.39 is 0 Å². The zero-order valence-electron chi connectivity index (χ0n) is 18.3. The summed E-state index contributed by atoms with van der Waals surface area (Å²) in [5, 5.41) is 1.70. The smallest absolute Gasteiger partial charge is 0.337 e. The molecule has 1 aromatic heterocycles. The van der Waals surface area contributed by atoms with E-state index in [0.29, 0.717) is 16.5 Å². The number of piperidine rings is 1. The van der Waals surface area contributed by atoms with Gasteiger partial charge in [-0.15, -0.1) is 0 Å². The van der Waals surface area contributed by atoms with E-state index in [1.165, 1.54) is 18.4 Å². The molecule has 0 saturated carbocycles. The average Bonchev–Trinajstić information content (AvgIpc) is 3.19. The Balaban J connectivity index is 1.81. The standard InChI is InChI=1S/C23H28BrClN2O4/c1-5-12-10-27-7-6-13-19-18(30-3)9-16(25)20(24)22(19)26-21(13)17(27)8-14(12)15(11-29-2)23(28)31-4/h9,11-12,14,17,26H,5-8,10H2,1-4H3/b15-11+. The summed E-state index contributed by atoms with van der Waals surface area (Å²) in [6.07, 6.45) is 4.30. The molecule has 3 atom stereocenters. The number of hydrogen-bond donors (Lipinski definition) is 1. The summed E-state index contributed by atoms with van der Waals surface area (Å²) < 4.78 is 16.9. The molecule has 168 valence electrons. The summed E-state index contributed by atoms with van der Waals surface area (Å²) in [4.78, 5) is 18.7. The van der Waals surface area contributed by atoms with Crippen molar-refractivity contribution in [1.82, 2.24) is 9.88 Å². The second kappa shape index (κ2) is 9.04. The Bertz CT molecular complexity index is 1030. The molecule has 3 heterocycles. The highest BCUT2D eigenvalue weighted by molar-refractivity contribution is 9.10. The van der Waals surface area contributed by atoms with Crippen molar-refractivity contribution in [1.29, 1.82) is 0 Å². The third-order valence-corrected chi connectivity index (χ3v) is 8.17. The van der Waals surface area contributed by atoms with Crippen molar-refractivity contribution in [2.45, 2.75) is 32.2 Å². The second-order valence-corrected chi connectivity index (χ2v) is 9.41. The molecular weight excluding hydrogens is 484 g/mol. The van der Waals surface area contributed by atoms with Gasteiger partial charge < -0.3 is 19.2 Å². The van der Waals surface area contributed by atoms with Crippen molar-refractivity contribution in [2.75, 3.05) is 34.4 Å². The van der Waals surface area contributed by atoms with Gasteiger partial charge in [-0.25, -0.2) is 4.79 Å². The van der Waals surface area contributed by atoms with Gasteiger partial charge in [0.25, 0.3) is 0 Å². The van der Waals surface area contributed by atoms with Crippen LogP contribution in [-0.2, 0) is 20.7 Å². The molecule has 1 fully saturated rings. The van der Waals surface area contributed by atoms with Gasteiger partial charge in [-0.05, 0) is 46.2 Å². The minimum atomic E-state index is -0.317. The molecule has 1 N–H and O–H groups in total. The van der Waals surface area contributed by atoms with E-state index in [-0.39, 0.29) is 17.9 Å². The molecule has 2 aromatic rings. The molecule has 4 rings (SSSR count). The number of carbonyl (C=O) groups is 1. The average molecular weight is 512 g/mol. The summed E-state index contributed by atoms with van der Waals surface area (Å²) in [5.74, 6) is 0.883. The molecule has 3 unspecified atom stereocenters. The monoisotopic (exact) mass is 510 g/mol. The van der Waals surface area contributed by atoms with Gasteiger partial charge in [-0.2, -0.15) is 0 Å². The van der Waals surface area contributed by atoms with E-state index in [0.717, 1.165) is 53.5 Å². The predicted octanol–water partition coefficient (Wildman–Crippen LogP) is 5.24. The van der Waals surface area contributed by atoms with Crippen molar-refractivity contribution in [3.05, 3.63) is 38.7 Å². The topological polar surface area (TPSA) is 63.8 Å². The lowest BCUT2D eigenvalue weighted by Crippen LogP contribution is -2.47. The number of hydrogen-bond acceptors (Lipinski definition) is 5. The van der Waals surface area contributed by atoms with E-state index in [4.69, 9.17) is 25.8 Å². The first-order valence-electron chi connectivity index (χ1n) is 10.6. The Morgan fingerprint density at radius 3 is 2.81 bits per heavy atom. The van der Waals surface area contributed by atoms with Gasteiger partial charge in [-0.3, -0.25) is 4.90 Å². The molecule has 1 saturated heterocycles. The van der Waals surface area contributed by atoms with E-state index in [2.05, 4.69) is 32.7 Å². The zero-order chi connectivity index (χ0) is 22.3. The molecule has 0 amide bonds. The van der Waals surface area contributed by atoms with Crippen molar-refractivity contribution in [2.24, 2.45) is 11.8 Å². The highest BCUT2D eigenvalue weighted by Gasteiger charge is 2.43. The van der Waals surface area contributed by atoms with E-state index in [1.807, 2.05) is 6.07 Å². The lowest BCUT2D eigenvalue weighted by molar-refractivity contribution is -0.137. The Labute approximate surface area is 196 Å². The molecule has 0 spiro atoms. The number of esters is 1. The number of rotatable bonds is 5. The van der Waals surface area contributed by atoms with Crippen molar-refractivity contribution in [3.63, 3.8) is 0 Å². The quantitative estimate of drug-likeness (QED) is 0.338. The number of nitrogens with one attached hydrogen (secondary N) is 1. The van der Waals surface area contributed by atoms with Crippen LogP contribution in [0.15, 0.2) is 22.4 Å². The molecular formula is C23H28BrClN2O4. The number of nitrogens with zero attached hydrogens (tertiary/aromatic N) is 1. The van der Waals surface area contributed by atoms with Crippen LogP contribution in [0.4, 0.5) is 0 Å². The number of aromatic nitrogens is 1. The Morgan fingerprint density at radius 1 is 1.39 bits per heavy atom. The van der Waals surface area contributed by atoms with Gasteiger partial charge in [0.05, 0.1) is 54.2 Å². The number of benzene rings is 1. The summed E-state index contributed by atoms with van der Waals surface area (Å²) in [6, 6.07) is 2.03. The van der Waals surface area contributed by atoms with Gasteiger partial charge in [0.1, 0.15) is 5.75 Å². The van der Waals surface area contributed by atoms with Crippen molar-refractivity contribution < 1.29 is 19.0 Å². The minimum absolute atomic E-state index is 0.0601. The number of aromatic amines is 1. The highest BCUT2D eigenvalue weighted by Crippen LogP contribution is 2.49. The lowest BCUT2D eigenvalue weighted by atomic mass is 9.74. The van der Waals surface area contributed by atoms with Gasteiger partial charge in [-0.1, -0.05) is 24.9 Å². The van der Waals surface area contributed by atoms with Crippen LogP contribution in [0.2, 0.25) is 5.02 Å². The van der Waals surface area contributed by atoms with E-state index >= 15 is 0 Å². The number of H-pyrrole nitrogens is 1. The number of methoxy groups -OCH3 is 3. The second-order valence-electron chi connectivity index (χ2n) is 8.21. The summed E-state index contributed by atoms with van der Waals surface area (Å²) in [7, 11) is 4.67. The van der Waals surface area contributed by atoms with E-state index in [9.17, 15) is 4.79 Å². The fraction of sp³-hybridized carbons (Fsp3) is 0.522. The number of halogens is 2. The molecule has 6 nitrogen and oxygen atoms in total. The van der Waals surface area contributed by atoms with Crippen LogP contribution in [0.3, 0.4) is 0 Å². The normalized spacial score (nSPS) is 23.9. The zero-order valence-corrected chi connectivity index (χ0v) is 20.6. The first-order valence-corrected chi connectivity index (χ1v) is 11.7. The van der Waals surface area contributed by atoms with Crippen molar-refractivity contribution in [3.8, 4) is 5.75 Å². The van der Waals surface area contributed by atoms with Gasteiger partial charge in [0.2, 0.25) is 0 Å². The molecule has 0 aliphatic carbocycles. The molecule has 1 aromatic carbocycles. The summed E-state index contributed by atoms with van der Waals surface area (Å²) in [6.45, 7) is 4.08. The number of carbonyl (C=O) groups excluding carboxylic acids is 1. The third-order valence-electron chi connectivity index (χ3n) is 6.82. The number of fused-ring (bicyclic) bond motifs is 5. The van der Waals surface area contributed by atoms with Crippen LogP contribution in [0, 0.1) is 11.8 Å². The van der Waals surface area contributed by atoms with Gasteiger partial charge >= 0.3 is 5.97 Å². The lowest BCUT2D eigenvalue weighted by Gasteiger charge is -2.46. The van der Waals surface area contributed by atoms with Crippen LogP contribution in [0.25, 0.3) is 10.9 Å². The van der Waals surface area contributed by atoms with Crippen LogP contribution >= 0.6 is 27.5 Å². The fourth-order valence-electron chi connectivity index (χ4n) is 5.34. The van der Waals surface area contributed by atoms with Crippen LogP contribution in [0.5, 0.6) is 5.75 Å². The molecule has 31 heavy (non-hydrogen) atoms. The first kappa shape index (κ1) is 22.5. The maximum Gasteiger partial charge on any atom is 0.337 e. The summed E-state index contributed by atoms with van der Waals surface area (Å²) >= 11 is 10.1. The Morgan fingerprint density at radius 2 is 2.16 bits per heavy atom. The SMILES string of the molecule is CCC1CN2CCc3c([nH]c4c(Br)c(Cl)cc(OC)c34)C2CC1/C(=C\OC)C(=O)OC. The van der Waals surface area contributed by atoms with Crippen LogP contribution < -0.4 is 4.74 Å². The van der Waals surface area contributed by atoms with E-state index in [1.54, 1.807) is 20.5 Å². The van der Waals surface area contributed by atoms with Crippen LogP contribution in [0.1, 0.15) is 37.1 Å². The molecule has 2 aliphatic heterocycles. The number of ether oxygens (including phenoxy) is 3. The molecule has 2 aliphatic rings. The fourth-order valence-corrected chi connectivity index (χ4v) is 5.94. The summed E-state index contributed by atoms with van der Waals surface area (Å²) in [5.41, 5.74) is 4.03. The third kappa shape index (κ3) is 3.74. The first-order chi connectivity index (χ1) is 14.9. The van der Waals surface area contributed by atoms with Crippen molar-refractivity contribution >= 4 is 44.4 Å². The maximum absolute atomic E-state index is 12.5. The highest BCUT2D eigenvalue weighted by atomic mass is 79.9. The minimum Gasteiger partial charge on any atom is -0.504 e. The van der Waals surface area contributed by atoms with Crippen LogP contribution in [-0.4, -0.2) is 50.3 Å². The Kier molecular flexibility index (Phi) is 6.56. The molecule has 0 radical (unpaired) electrons. The Hall–Kier alpha value is -1.70. The predicted molar refractivity (Wildman–Crippen MR) is 125 cm³/mol. The van der Waals surface area contributed by atoms with Gasteiger partial charge in [0, 0.05) is 30.2 Å². The molecule has 0 bridgehead atoms. The molecule has 8 heteroatoms. The van der Waals surface area contributed by atoms with Gasteiger partial charge in [0.15, 0.2) is 0 Å².